The van der Waals surface area contributed by atoms with Gasteiger partial charge < -0.3 is 15.0 Å². The molecule has 1 aromatic rings. The summed E-state index contributed by atoms with van der Waals surface area (Å²) in [6.07, 6.45) is 1.11. The van der Waals surface area contributed by atoms with Gasteiger partial charge in [-0.2, -0.15) is 0 Å². The van der Waals surface area contributed by atoms with Crippen molar-refractivity contribution in [1.29, 1.82) is 0 Å². The van der Waals surface area contributed by atoms with E-state index < -0.39 is 11.4 Å². The summed E-state index contributed by atoms with van der Waals surface area (Å²) >= 11 is 1.17. The zero-order valence-corrected chi connectivity index (χ0v) is 17.9. The Balaban J connectivity index is 1.94. The van der Waals surface area contributed by atoms with Crippen LogP contribution in [0, 0.1) is 24.2 Å². The van der Waals surface area contributed by atoms with Crippen molar-refractivity contribution in [2.24, 2.45) is 17.3 Å². The van der Waals surface area contributed by atoms with Crippen LogP contribution in [0.4, 0.5) is 5.00 Å². The Morgan fingerprint density at radius 1 is 1.22 bits per heavy atom. The largest absolute Gasteiger partial charge is 0.451 e. The molecule has 0 aliphatic carbocycles. The van der Waals surface area contributed by atoms with E-state index in [1.54, 1.807) is 17.9 Å². The van der Waals surface area contributed by atoms with Gasteiger partial charge in [0.1, 0.15) is 4.88 Å². The summed E-state index contributed by atoms with van der Waals surface area (Å²) in [4.78, 5) is 39.0. The number of thiophene rings is 1. The highest BCUT2D eigenvalue weighted by molar-refractivity contribution is 7.18. The number of likely N-dealkylation sites (tertiary alicyclic amines) is 1. The van der Waals surface area contributed by atoms with E-state index in [-0.39, 0.29) is 18.4 Å². The fourth-order valence-corrected chi connectivity index (χ4v) is 4.16. The number of ether oxygens (including phenoxy) is 1. The summed E-state index contributed by atoms with van der Waals surface area (Å²) in [7, 11) is 0. The third-order valence-electron chi connectivity index (χ3n) is 4.57. The molecule has 2 atom stereocenters. The number of rotatable bonds is 4. The van der Waals surface area contributed by atoms with Gasteiger partial charge in [0.05, 0.1) is 5.00 Å². The Kier molecular flexibility index (Phi) is 6.68. The molecule has 1 aliphatic heterocycles. The molecule has 27 heavy (non-hydrogen) atoms. The number of amides is 2. The number of esters is 1. The predicted octanol–water partition coefficient (Wildman–Crippen LogP) is 3.70. The molecule has 1 aliphatic rings. The van der Waals surface area contributed by atoms with Crippen LogP contribution in [0.5, 0.6) is 0 Å². The molecule has 7 heteroatoms. The summed E-state index contributed by atoms with van der Waals surface area (Å²) in [5, 5.41) is 3.42. The van der Waals surface area contributed by atoms with Gasteiger partial charge in [0.25, 0.3) is 5.91 Å². The second-order valence-corrected chi connectivity index (χ2v) is 9.70. The minimum Gasteiger partial charge on any atom is -0.451 e. The average molecular weight is 395 g/mol. The van der Waals surface area contributed by atoms with Crippen molar-refractivity contribution in [3.05, 3.63) is 16.5 Å². The minimum absolute atomic E-state index is 0.118. The number of aryl methyl sites for hydroxylation is 1. The number of carbonyl (C=O) groups excluding carboxylic acids is 3. The fourth-order valence-electron chi connectivity index (χ4n) is 3.20. The van der Waals surface area contributed by atoms with Crippen LogP contribution in [-0.4, -0.2) is 42.4 Å². The molecule has 2 heterocycles. The quantitative estimate of drug-likeness (QED) is 0.790. The number of hydrogen-bond acceptors (Lipinski definition) is 5. The van der Waals surface area contributed by atoms with Crippen molar-refractivity contribution in [2.75, 3.05) is 25.0 Å². The number of hydrogen-bond donors (Lipinski definition) is 1. The molecule has 1 saturated heterocycles. The monoisotopic (exact) mass is 394 g/mol. The minimum atomic E-state index is -0.528. The first kappa shape index (κ1) is 21.4. The normalized spacial score (nSPS) is 20.3. The molecular formula is C20H30N2O4S. The Labute approximate surface area is 165 Å². The van der Waals surface area contributed by atoms with Crippen molar-refractivity contribution in [1.82, 2.24) is 4.90 Å². The van der Waals surface area contributed by atoms with Crippen LogP contribution >= 0.6 is 11.3 Å². The number of nitrogens with one attached hydrogen (secondary N) is 1. The van der Waals surface area contributed by atoms with Crippen molar-refractivity contribution >= 4 is 34.1 Å². The molecular weight excluding hydrogens is 364 g/mol. The highest BCUT2D eigenvalue weighted by atomic mass is 32.1. The molecule has 0 aromatic carbocycles. The number of nitrogens with zero attached hydrogens (tertiary/aromatic N) is 1. The maximum Gasteiger partial charge on any atom is 0.349 e. The fraction of sp³-hybridized carbons (Fsp3) is 0.650. The molecule has 0 saturated carbocycles. The summed E-state index contributed by atoms with van der Waals surface area (Å²) in [5.41, 5.74) is 0.204. The lowest BCUT2D eigenvalue weighted by Gasteiger charge is -2.34. The van der Waals surface area contributed by atoms with Crippen molar-refractivity contribution in [3.63, 3.8) is 0 Å². The Morgan fingerprint density at radius 3 is 2.37 bits per heavy atom. The van der Waals surface area contributed by atoms with Crippen LogP contribution in [0.3, 0.4) is 0 Å². The molecule has 6 nitrogen and oxygen atoms in total. The van der Waals surface area contributed by atoms with E-state index in [9.17, 15) is 14.4 Å². The Morgan fingerprint density at radius 2 is 1.81 bits per heavy atom. The second-order valence-electron chi connectivity index (χ2n) is 8.65. The van der Waals surface area contributed by atoms with E-state index in [1.807, 2.05) is 20.8 Å². The molecule has 1 N–H and O–H groups in total. The lowest BCUT2D eigenvalue weighted by atomic mass is 9.92. The summed E-state index contributed by atoms with van der Waals surface area (Å²) < 4.78 is 5.25. The predicted molar refractivity (Wildman–Crippen MR) is 107 cm³/mol. The Bertz CT molecular complexity index is 710. The molecule has 1 aromatic heterocycles. The highest BCUT2D eigenvalue weighted by Crippen LogP contribution is 2.29. The molecule has 150 valence electrons. The van der Waals surface area contributed by atoms with Crippen LogP contribution in [0.1, 0.15) is 56.3 Å². The number of carbonyl (C=O) groups is 3. The molecule has 1 fully saturated rings. The molecule has 2 rings (SSSR count). The van der Waals surface area contributed by atoms with Crippen LogP contribution in [0.2, 0.25) is 0 Å². The topological polar surface area (TPSA) is 75.7 Å². The smallest absolute Gasteiger partial charge is 0.349 e. The zero-order chi connectivity index (χ0) is 20.4. The van der Waals surface area contributed by atoms with Crippen molar-refractivity contribution < 1.29 is 19.1 Å². The summed E-state index contributed by atoms with van der Waals surface area (Å²) in [6, 6.07) is 1.75. The van der Waals surface area contributed by atoms with E-state index in [0.717, 1.165) is 12.0 Å². The maximum absolute atomic E-state index is 12.4. The molecule has 2 unspecified atom stereocenters. The molecule has 0 radical (unpaired) electrons. The lowest BCUT2D eigenvalue weighted by molar-refractivity contribution is -0.137. The van der Waals surface area contributed by atoms with E-state index in [1.165, 1.54) is 11.3 Å². The molecule has 0 bridgehead atoms. The number of anilines is 1. The molecule has 2 amide bonds. The summed E-state index contributed by atoms with van der Waals surface area (Å²) in [6.45, 7) is 12.7. The van der Waals surface area contributed by atoms with Gasteiger partial charge >= 0.3 is 5.97 Å². The third-order valence-corrected chi connectivity index (χ3v) is 5.70. The summed E-state index contributed by atoms with van der Waals surface area (Å²) in [5.74, 6) is 0.119. The first-order chi connectivity index (χ1) is 12.5. The van der Waals surface area contributed by atoms with E-state index in [2.05, 4.69) is 19.2 Å². The van der Waals surface area contributed by atoms with Crippen molar-refractivity contribution in [2.45, 2.75) is 48.0 Å². The lowest BCUT2D eigenvalue weighted by Crippen LogP contribution is -2.44. The van der Waals surface area contributed by atoms with Gasteiger partial charge in [0.2, 0.25) is 5.91 Å². The van der Waals surface area contributed by atoms with Crippen molar-refractivity contribution in [3.8, 4) is 0 Å². The first-order valence-corrected chi connectivity index (χ1v) is 10.2. The SMILES string of the molecule is Cc1cc(NC(=O)C(C)(C)C)sc1C(=O)OCC(=O)N1CC(C)CC(C)C1. The maximum atomic E-state index is 12.4. The van der Waals surface area contributed by atoms with Gasteiger partial charge in [-0.1, -0.05) is 34.6 Å². The second kappa shape index (κ2) is 8.42. The van der Waals surface area contributed by atoms with Crippen LogP contribution in [-0.2, 0) is 14.3 Å². The molecule has 0 spiro atoms. The van der Waals surface area contributed by atoms with Gasteiger partial charge in [-0.25, -0.2) is 4.79 Å². The van der Waals surface area contributed by atoms with Gasteiger partial charge in [0.15, 0.2) is 6.61 Å². The van der Waals surface area contributed by atoms with Gasteiger partial charge in [-0.05, 0) is 36.8 Å². The zero-order valence-electron chi connectivity index (χ0n) is 17.0. The van der Waals surface area contributed by atoms with E-state index >= 15 is 0 Å². The Hall–Kier alpha value is -1.89. The third kappa shape index (κ3) is 5.79. The van der Waals surface area contributed by atoms with E-state index in [4.69, 9.17) is 4.74 Å². The standard InChI is InChI=1S/C20H30N2O4S/c1-12-7-13(2)10-22(9-12)16(23)11-26-18(24)17-14(3)8-15(27-17)21-19(25)20(4,5)6/h8,12-13H,7,9-11H2,1-6H3,(H,21,25). The first-order valence-electron chi connectivity index (χ1n) is 9.34. The number of piperidine rings is 1. The average Bonchev–Trinajstić information content (AvgIpc) is 2.91. The van der Waals surface area contributed by atoms with Crippen LogP contribution in [0.15, 0.2) is 6.07 Å². The van der Waals surface area contributed by atoms with Gasteiger partial charge in [-0.3, -0.25) is 9.59 Å². The van der Waals surface area contributed by atoms with E-state index in [0.29, 0.717) is 34.8 Å². The van der Waals surface area contributed by atoms with Gasteiger partial charge in [0, 0.05) is 18.5 Å². The highest BCUT2D eigenvalue weighted by Gasteiger charge is 2.27. The van der Waals surface area contributed by atoms with Crippen LogP contribution in [0.25, 0.3) is 0 Å². The van der Waals surface area contributed by atoms with Crippen LogP contribution < -0.4 is 5.32 Å². The van der Waals surface area contributed by atoms with Gasteiger partial charge in [-0.15, -0.1) is 11.3 Å².